The van der Waals surface area contributed by atoms with Crippen LogP contribution in [0.1, 0.15) is 17.3 Å². The van der Waals surface area contributed by atoms with Crippen LogP contribution < -0.4 is 9.47 Å². The Kier molecular flexibility index (Phi) is 5.67. The number of carbonyl (C=O) groups is 1. The Morgan fingerprint density at radius 2 is 1.54 bits per heavy atom. The van der Waals surface area contributed by atoms with Gasteiger partial charge in [-0.15, -0.1) is 0 Å². The summed E-state index contributed by atoms with van der Waals surface area (Å²) in [7, 11) is 0. The largest absolute Gasteiger partial charge is 0.494 e. The first-order valence-corrected chi connectivity index (χ1v) is 8.11. The fourth-order valence-electron chi connectivity index (χ4n) is 2.12. The molecule has 0 fully saturated rings. The highest BCUT2D eigenvalue weighted by Crippen LogP contribution is 2.23. The van der Waals surface area contributed by atoms with Gasteiger partial charge in [-0.2, -0.15) is 10.2 Å². The van der Waals surface area contributed by atoms with Crippen LogP contribution in [-0.4, -0.2) is 17.6 Å². The first-order valence-electron chi connectivity index (χ1n) is 8.11. The minimum atomic E-state index is -0.457. The van der Waals surface area contributed by atoms with Gasteiger partial charge in [-0.3, -0.25) is 4.98 Å². The first kappa shape index (κ1) is 17.3. The van der Waals surface area contributed by atoms with Crippen molar-refractivity contribution in [2.45, 2.75) is 6.92 Å². The van der Waals surface area contributed by atoms with Crippen LogP contribution in [-0.2, 0) is 0 Å². The number of rotatable bonds is 6. The molecule has 1 heterocycles. The van der Waals surface area contributed by atoms with Crippen molar-refractivity contribution in [3.63, 3.8) is 0 Å². The topological polar surface area (TPSA) is 73.1 Å². The van der Waals surface area contributed by atoms with Gasteiger partial charge < -0.3 is 9.47 Å². The monoisotopic (exact) mass is 347 g/mol. The van der Waals surface area contributed by atoms with E-state index in [-0.39, 0.29) is 0 Å². The fourth-order valence-corrected chi connectivity index (χ4v) is 2.12. The zero-order chi connectivity index (χ0) is 18.2. The molecular weight excluding hydrogens is 330 g/mol. The van der Waals surface area contributed by atoms with Gasteiger partial charge in [0.2, 0.25) is 0 Å². The Morgan fingerprint density at radius 1 is 0.923 bits per heavy atom. The number of hydrogen-bond donors (Lipinski definition) is 0. The Morgan fingerprint density at radius 3 is 2.08 bits per heavy atom. The van der Waals surface area contributed by atoms with Gasteiger partial charge in [-0.05, 0) is 67.6 Å². The lowest BCUT2D eigenvalue weighted by Gasteiger charge is -2.04. The van der Waals surface area contributed by atoms with E-state index < -0.39 is 5.97 Å². The van der Waals surface area contributed by atoms with E-state index in [0.29, 0.717) is 23.6 Å². The highest BCUT2D eigenvalue weighted by molar-refractivity contribution is 5.90. The third-order valence-corrected chi connectivity index (χ3v) is 3.37. The molecule has 0 aliphatic carbocycles. The molecule has 0 spiro atoms. The molecule has 0 saturated heterocycles. The summed E-state index contributed by atoms with van der Waals surface area (Å²) >= 11 is 0. The molecule has 0 aliphatic rings. The summed E-state index contributed by atoms with van der Waals surface area (Å²) in [5.74, 6) is 0.770. The van der Waals surface area contributed by atoms with Crippen molar-refractivity contribution in [2.24, 2.45) is 10.2 Å². The van der Waals surface area contributed by atoms with Crippen molar-refractivity contribution in [1.82, 2.24) is 4.98 Å². The molecule has 0 aliphatic heterocycles. The molecule has 0 bridgehead atoms. The second-order valence-corrected chi connectivity index (χ2v) is 5.25. The fraction of sp³-hybridized carbons (Fsp3) is 0.100. The standard InChI is InChI=1S/C20H17N3O3/c1-2-25-18-9-5-16(6-10-18)22-23-17-7-11-19(12-8-17)26-20(24)15-4-3-13-21-14-15/h3-14H,2H2,1H3. The zero-order valence-corrected chi connectivity index (χ0v) is 14.2. The quantitative estimate of drug-likeness (QED) is 0.353. The predicted octanol–water partition coefficient (Wildman–Crippen LogP) is 5.11. The van der Waals surface area contributed by atoms with E-state index in [4.69, 9.17) is 9.47 Å². The van der Waals surface area contributed by atoms with Crippen LogP contribution in [0.25, 0.3) is 0 Å². The average molecular weight is 347 g/mol. The van der Waals surface area contributed by atoms with E-state index in [1.165, 1.54) is 6.20 Å². The molecule has 2 aromatic carbocycles. The van der Waals surface area contributed by atoms with Gasteiger partial charge in [0.25, 0.3) is 0 Å². The lowest BCUT2D eigenvalue weighted by atomic mass is 10.3. The summed E-state index contributed by atoms with van der Waals surface area (Å²) in [6.45, 7) is 2.56. The second kappa shape index (κ2) is 8.53. The smallest absolute Gasteiger partial charge is 0.345 e. The molecule has 0 unspecified atom stereocenters. The van der Waals surface area contributed by atoms with Gasteiger partial charge in [0.05, 0.1) is 23.5 Å². The van der Waals surface area contributed by atoms with Gasteiger partial charge >= 0.3 is 5.97 Å². The number of pyridine rings is 1. The number of azo groups is 1. The number of nitrogens with zero attached hydrogens (tertiary/aromatic N) is 3. The number of hydrogen-bond acceptors (Lipinski definition) is 6. The number of esters is 1. The SMILES string of the molecule is CCOc1ccc(N=Nc2ccc(OC(=O)c3cccnc3)cc2)cc1. The van der Waals surface area contributed by atoms with Gasteiger partial charge in [0.1, 0.15) is 11.5 Å². The van der Waals surface area contributed by atoms with Crippen LogP contribution in [0.4, 0.5) is 11.4 Å². The van der Waals surface area contributed by atoms with Gasteiger partial charge in [-0.25, -0.2) is 4.79 Å². The molecule has 0 saturated carbocycles. The number of ether oxygens (including phenoxy) is 2. The van der Waals surface area contributed by atoms with Crippen LogP contribution in [0.15, 0.2) is 83.3 Å². The molecular formula is C20H17N3O3. The number of benzene rings is 2. The van der Waals surface area contributed by atoms with E-state index >= 15 is 0 Å². The third-order valence-electron chi connectivity index (χ3n) is 3.37. The van der Waals surface area contributed by atoms with Crippen LogP contribution in [0.2, 0.25) is 0 Å². The summed E-state index contributed by atoms with van der Waals surface area (Å²) in [6, 6.07) is 17.5. The predicted molar refractivity (Wildman–Crippen MR) is 97.4 cm³/mol. The van der Waals surface area contributed by atoms with E-state index in [1.807, 2.05) is 31.2 Å². The Hall–Kier alpha value is -3.54. The van der Waals surface area contributed by atoms with E-state index in [2.05, 4.69) is 15.2 Å². The summed E-state index contributed by atoms with van der Waals surface area (Å²) < 4.78 is 10.7. The Labute approximate surface area is 151 Å². The zero-order valence-electron chi connectivity index (χ0n) is 14.2. The van der Waals surface area contributed by atoms with Crippen molar-refractivity contribution in [1.29, 1.82) is 0 Å². The van der Waals surface area contributed by atoms with Crippen LogP contribution in [0.3, 0.4) is 0 Å². The molecule has 130 valence electrons. The maximum absolute atomic E-state index is 12.0. The lowest BCUT2D eigenvalue weighted by molar-refractivity contribution is 0.0734. The molecule has 0 N–H and O–H groups in total. The molecule has 6 nitrogen and oxygen atoms in total. The molecule has 0 radical (unpaired) electrons. The summed E-state index contributed by atoms with van der Waals surface area (Å²) in [6.07, 6.45) is 3.06. The summed E-state index contributed by atoms with van der Waals surface area (Å²) in [5, 5.41) is 8.33. The molecule has 26 heavy (non-hydrogen) atoms. The van der Waals surface area contributed by atoms with Crippen molar-refractivity contribution in [2.75, 3.05) is 6.61 Å². The normalized spacial score (nSPS) is 10.7. The molecule has 3 rings (SSSR count). The highest BCUT2D eigenvalue weighted by Gasteiger charge is 2.08. The van der Waals surface area contributed by atoms with Gasteiger partial charge in [0.15, 0.2) is 0 Å². The Bertz CT molecular complexity index is 876. The average Bonchev–Trinajstić information content (AvgIpc) is 2.69. The molecule has 3 aromatic rings. The lowest BCUT2D eigenvalue weighted by Crippen LogP contribution is -2.08. The van der Waals surface area contributed by atoms with Gasteiger partial charge in [0, 0.05) is 12.4 Å². The molecule has 0 atom stereocenters. The number of aromatic nitrogens is 1. The minimum Gasteiger partial charge on any atom is -0.494 e. The second-order valence-electron chi connectivity index (χ2n) is 5.25. The molecule has 6 heteroatoms. The van der Waals surface area contributed by atoms with E-state index in [1.54, 1.807) is 42.6 Å². The Balaban J connectivity index is 1.61. The van der Waals surface area contributed by atoms with Crippen molar-refractivity contribution in [3.8, 4) is 11.5 Å². The van der Waals surface area contributed by atoms with Crippen LogP contribution in [0.5, 0.6) is 11.5 Å². The van der Waals surface area contributed by atoms with E-state index in [0.717, 1.165) is 11.4 Å². The molecule has 1 aromatic heterocycles. The summed E-state index contributed by atoms with van der Waals surface area (Å²) in [4.78, 5) is 15.9. The summed E-state index contributed by atoms with van der Waals surface area (Å²) in [5.41, 5.74) is 1.77. The van der Waals surface area contributed by atoms with Crippen LogP contribution >= 0.6 is 0 Å². The highest BCUT2D eigenvalue weighted by atomic mass is 16.5. The molecule has 0 amide bonds. The van der Waals surface area contributed by atoms with Gasteiger partial charge in [-0.1, -0.05) is 0 Å². The third kappa shape index (κ3) is 4.73. The minimum absolute atomic E-state index is 0.395. The van der Waals surface area contributed by atoms with E-state index in [9.17, 15) is 4.79 Å². The maximum atomic E-state index is 12.0. The van der Waals surface area contributed by atoms with Crippen molar-refractivity contribution in [3.05, 3.63) is 78.6 Å². The number of carbonyl (C=O) groups excluding carboxylic acids is 1. The van der Waals surface area contributed by atoms with Crippen molar-refractivity contribution < 1.29 is 14.3 Å². The maximum Gasteiger partial charge on any atom is 0.345 e. The van der Waals surface area contributed by atoms with Crippen molar-refractivity contribution >= 4 is 17.3 Å². The first-order chi connectivity index (χ1) is 12.7. The van der Waals surface area contributed by atoms with Crippen LogP contribution in [0, 0.1) is 0 Å².